The van der Waals surface area contributed by atoms with Gasteiger partial charge in [0.05, 0.1) is 7.11 Å². The largest absolute Gasteiger partial charge is 0.480 e. The number of rotatable bonds is 7. The number of pyridine rings is 1. The minimum atomic E-state index is 0.440. The van der Waals surface area contributed by atoms with Crippen LogP contribution in [0, 0.1) is 0 Å². The Morgan fingerprint density at radius 3 is 3.00 bits per heavy atom. The van der Waals surface area contributed by atoms with Crippen LogP contribution in [0.5, 0.6) is 5.88 Å². The van der Waals surface area contributed by atoms with Crippen LogP contribution in [-0.2, 0) is 6.42 Å². The molecule has 1 N–H and O–H groups in total. The summed E-state index contributed by atoms with van der Waals surface area (Å²) in [6.45, 7) is 3.96. The van der Waals surface area contributed by atoms with Gasteiger partial charge >= 0.3 is 0 Å². The van der Waals surface area contributed by atoms with Crippen molar-refractivity contribution in [2.45, 2.75) is 19.8 Å². The fraction of sp³-hybridized carbons (Fsp3) is 0.462. The van der Waals surface area contributed by atoms with Gasteiger partial charge in [-0.05, 0) is 25.1 Å². The molecule has 102 valence electrons. The van der Waals surface area contributed by atoms with Gasteiger partial charge in [0, 0.05) is 19.2 Å². The van der Waals surface area contributed by atoms with Gasteiger partial charge in [0.2, 0.25) is 11.8 Å². The van der Waals surface area contributed by atoms with Crippen LogP contribution in [0.2, 0.25) is 0 Å². The monoisotopic (exact) mass is 262 g/mol. The second kappa shape index (κ2) is 6.84. The predicted octanol–water partition coefficient (Wildman–Crippen LogP) is 1.68. The highest BCUT2D eigenvalue weighted by molar-refractivity contribution is 5.59. The quantitative estimate of drug-likeness (QED) is 0.765. The molecule has 2 rings (SSSR count). The van der Waals surface area contributed by atoms with Gasteiger partial charge in [-0.25, -0.2) is 4.98 Å². The third-order valence-electron chi connectivity index (χ3n) is 2.60. The zero-order valence-electron chi connectivity index (χ0n) is 11.2. The molecule has 0 aliphatic carbocycles. The summed E-state index contributed by atoms with van der Waals surface area (Å²) in [4.78, 5) is 4.11. The van der Waals surface area contributed by atoms with E-state index >= 15 is 0 Å². The zero-order chi connectivity index (χ0) is 13.5. The van der Waals surface area contributed by atoms with Crippen molar-refractivity contribution in [1.29, 1.82) is 0 Å². The summed E-state index contributed by atoms with van der Waals surface area (Å²) in [7, 11) is 1.57. The molecule has 0 bridgehead atoms. The number of nitrogens with zero attached hydrogens (tertiary/aromatic N) is 3. The predicted molar refractivity (Wildman–Crippen MR) is 70.9 cm³/mol. The Labute approximate surface area is 112 Å². The molecule has 0 fully saturated rings. The molecule has 0 radical (unpaired) electrons. The van der Waals surface area contributed by atoms with E-state index in [2.05, 4.69) is 27.4 Å². The number of aromatic nitrogens is 3. The number of methoxy groups -OCH3 is 1. The summed E-state index contributed by atoms with van der Waals surface area (Å²) in [6.07, 6.45) is 3.49. The normalized spacial score (nSPS) is 10.6. The van der Waals surface area contributed by atoms with E-state index in [9.17, 15) is 0 Å². The van der Waals surface area contributed by atoms with E-state index in [1.165, 1.54) is 0 Å². The topological polar surface area (TPSA) is 73.1 Å². The van der Waals surface area contributed by atoms with E-state index in [4.69, 9.17) is 9.15 Å². The van der Waals surface area contributed by atoms with E-state index in [-0.39, 0.29) is 0 Å². The molecule has 6 heteroatoms. The first-order chi connectivity index (χ1) is 9.35. The first kappa shape index (κ1) is 13.5. The Morgan fingerprint density at radius 2 is 2.21 bits per heavy atom. The molecule has 0 aliphatic rings. The van der Waals surface area contributed by atoms with Gasteiger partial charge in [-0.1, -0.05) is 6.92 Å². The van der Waals surface area contributed by atoms with Crippen LogP contribution in [0.3, 0.4) is 0 Å². The van der Waals surface area contributed by atoms with Gasteiger partial charge in [-0.15, -0.1) is 10.2 Å². The highest BCUT2D eigenvalue weighted by Gasteiger charge is 2.13. The van der Waals surface area contributed by atoms with E-state index in [0.717, 1.165) is 25.9 Å². The Balaban J connectivity index is 2.04. The average molecular weight is 262 g/mol. The molecule has 2 aromatic rings. The molecule has 0 unspecified atom stereocenters. The molecule has 2 aromatic heterocycles. The van der Waals surface area contributed by atoms with Gasteiger partial charge in [0.15, 0.2) is 0 Å². The van der Waals surface area contributed by atoms with Crippen molar-refractivity contribution in [3.63, 3.8) is 0 Å². The van der Waals surface area contributed by atoms with Gasteiger partial charge in [0.1, 0.15) is 5.56 Å². The highest BCUT2D eigenvalue weighted by Crippen LogP contribution is 2.25. The summed E-state index contributed by atoms with van der Waals surface area (Å²) in [5.41, 5.74) is 0.713. The van der Waals surface area contributed by atoms with Crippen LogP contribution in [0.15, 0.2) is 22.7 Å². The second-order valence-corrected chi connectivity index (χ2v) is 4.06. The van der Waals surface area contributed by atoms with Gasteiger partial charge in [-0.3, -0.25) is 0 Å². The lowest BCUT2D eigenvalue weighted by Crippen LogP contribution is -2.17. The Morgan fingerprint density at radius 1 is 1.32 bits per heavy atom. The Hall–Kier alpha value is -1.95. The van der Waals surface area contributed by atoms with Crippen LogP contribution in [-0.4, -0.2) is 35.4 Å². The molecule has 0 saturated carbocycles. The number of ether oxygens (including phenoxy) is 1. The summed E-state index contributed by atoms with van der Waals surface area (Å²) in [6, 6.07) is 3.66. The lowest BCUT2D eigenvalue weighted by molar-refractivity contribution is 0.397. The molecule has 0 atom stereocenters. The SMILES string of the molecule is CCCNCCc1nnc(-c2cccnc2OC)o1. The van der Waals surface area contributed by atoms with Crippen molar-refractivity contribution in [3.05, 3.63) is 24.2 Å². The Bertz CT molecular complexity index is 513. The number of hydrogen-bond acceptors (Lipinski definition) is 6. The van der Waals surface area contributed by atoms with Crippen molar-refractivity contribution in [1.82, 2.24) is 20.5 Å². The van der Waals surface area contributed by atoms with E-state index in [0.29, 0.717) is 23.2 Å². The molecule has 0 aliphatic heterocycles. The van der Waals surface area contributed by atoms with Crippen molar-refractivity contribution < 1.29 is 9.15 Å². The fourth-order valence-corrected chi connectivity index (χ4v) is 1.68. The summed E-state index contributed by atoms with van der Waals surface area (Å²) >= 11 is 0. The maximum absolute atomic E-state index is 5.61. The third-order valence-corrected chi connectivity index (χ3v) is 2.60. The van der Waals surface area contributed by atoms with Crippen LogP contribution in [0.1, 0.15) is 19.2 Å². The molecule has 19 heavy (non-hydrogen) atoms. The van der Waals surface area contributed by atoms with Crippen LogP contribution in [0.25, 0.3) is 11.5 Å². The average Bonchev–Trinajstić information content (AvgIpc) is 2.92. The second-order valence-electron chi connectivity index (χ2n) is 4.06. The maximum Gasteiger partial charge on any atom is 0.253 e. The van der Waals surface area contributed by atoms with Crippen molar-refractivity contribution in [2.75, 3.05) is 20.2 Å². The zero-order valence-corrected chi connectivity index (χ0v) is 11.2. The van der Waals surface area contributed by atoms with Gasteiger partial charge in [-0.2, -0.15) is 0 Å². The summed E-state index contributed by atoms with van der Waals surface area (Å²) in [5.74, 6) is 1.54. The number of hydrogen-bond donors (Lipinski definition) is 1. The third kappa shape index (κ3) is 3.51. The summed E-state index contributed by atoms with van der Waals surface area (Å²) < 4.78 is 10.8. The van der Waals surface area contributed by atoms with E-state index in [1.54, 1.807) is 13.3 Å². The minimum absolute atomic E-state index is 0.440. The smallest absolute Gasteiger partial charge is 0.253 e. The lowest BCUT2D eigenvalue weighted by Gasteiger charge is -2.02. The molecule has 0 spiro atoms. The van der Waals surface area contributed by atoms with Crippen LogP contribution >= 0.6 is 0 Å². The molecule has 0 aromatic carbocycles. The maximum atomic E-state index is 5.61. The molecular formula is C13H18N4O2. The van der Waals surface area contributed by atoms with Crippen molar-refractivity contribution in [2.24, 2.45) is 0 Å². The fourth-order valence-electron chi connectivity index (χ4n) is 1.68. The molecule has 0 saturated heterocycles. The minimum Gasteiger partial charge on any atom is -0.480 e. The van der Waals surface area contributed by atoms with Gasteiger partial charge in [0.25, 0.3) is 5.89 Å². The van der Waals surface area contributed by atoms with Crippen molar-refractivity contribution >= 4 is 0 Å². The van der Waals surface area contributed by atoms with E-state index in [1.807, 2.05) is 12.1 Å². The van der Waals surface area contributed by atoms with Crippen molar-refractivity contribution in [3.8, 4) is 17.3 Å². The Kier molecular flexibility index (Phi) is 4.85. The van der Waals surface area contributed by atoms with Crippen LogP contribution in [0.4, 0.5) is 0 Å². The summed E-state index contributed by atoms with van der Waals surface area (Å²) in [5, 5.41) is 11.3. The first-order valence-corrected chi connectivity index (χ1v) is 6.37. The number of nitrogens with one attached hydrogen (secondary N) is 1. The van der Waals surface area contributed by atoms with Crippen LogP contribution < -0.4 is 10.1 Å². The highest BCUT2D eigenvalue weighted by atomic mass is 16.5. The molecule has 0 amide bonds. The molecule has 6 nitrogen and oxygen atoms in total. The van der Waals surface area contributed by atoms with E-state index < -0.39 is 0 Å². The molecule has 2 heterocycles. The molecular weight excluding hydrogens is 244 g/mol. The van der Waals surface area contributed by atoms with Gasteiger partial charge < -0.3 is 14.5 Å². The lowest BCUT2D eigenvalue weighted by atomic mass is 10.3. The standard InChI is InChI=1S/C13H18N4O2/c1-3-7-14-9-6-11-16-17-13(19-11)10-5-4-8-15-12(10)18-2/h4-5,8,14H,3,6-7,9H2,1-2H3. The first-order valence-electron chi connectivity index (χ1n) is 6.37.